The van der Waals surface area contributed by atoms with Crippen LogP contribution >= 0.6 is 24.0 Å². The Hall–Kier alpha value is -1.29. The number of nitrogens with zero attached hydrogens (tertiary/aromatic N) is 2. The minimum absolute atomic E-state index is 0. The lowest BCUT2D eigenvalue weighted by Crippen LogP contribution is -2.47. The first-order valence-corrected chi connectivity index (χ1v) is 9.20. The molecule has 0 saturated carbocycles. The van der Waals surface area contributed by atoms with Crippen LogP contribution in [0.2, 0.25) is 0 Å². The summed E-state index contributed by atoms with van der Waals surface area (Å²) in [6.45, 7) is 5.85. The van der Waals surface area contributed by atoms with Gasteiger partial charge in [-0.3, -0.25) is 14.7 Å². The molecule has 8 heteroatoms. The SMILES string of the molecule is CCC1CCCCN1CCNC(=NC)NCC(=O)NCc1ccco1.I. The van der Waals surface area contributed by atoms with E-state index in [0.29, 0.717) is 18.5 Å². The number of aliphatic imine (C=N–C) groups is 1. The number of guanidine groups is 1. The van der Waals surface area contributed by atoms with E-state index in [1.807, 2.05) is 6.07 Å². The first kappa shape index (κ1) is 22.8. The molecule has 0 aliphatic carbocycles. The number of carbonyl (C=O) groups is 1. The lowest BCUT2D eigenvalue weighted by molar-refractivity contribution is -0.120. The van der Waals surface area contributed by atoms with Crippen molar-refractivity contribution in [2.75, 3.05) is 33.2 Å². The predicted molar refractivity (Wildman–Crippen MR) is 115 cm³/mol. The van der Waals surface area contributed by atoms with Crippen LogP contribution in [0.25, 0.3) is 0 Å². The number of hydrogen-bond acceptors (Lipinski definition) is 4. The molecule has 1 aliphatic rings. The van der Waals surface area contributed by atoms with Gasteiger partial charge >= 0.3 is 0 Å². The molecular formula is C18H32IN5O2. The Bertz CT molecular complexity index is 536. The maximum Gasteiger partial charge on any atom is 0.239 e. The van der Waals surface area contributed by atoms with Crippen molar-refractivity contribution in [2.45, 2.75) is 45.2 Å². The number of likely N-dealkylation sites (tertiary alicyclic amines) is 1. The van der Waals surface area contributed by atoms with E-state index < -0.39 is 0 Å². The molecule has 2 rings (SSSR count). The molecule has 1 aromatic heterocycles. The monoisotopic (exact) mass is 477 g/mol. The summed E-state index contributed by atoms with van der Waals surface area (Å²) in [5.41, 5.74) is 0. The molecule has 1 amide bonds. The van der Waals surface area contributed by atoms with Gasteiger partial charge in [0.1, 0.15) is 5.76 Å². The van der Waals surface area contributed by atoms with E-state index in [9.17, 15) is 4.79 Å². The second-order valence-electron chi connectivity index (χ2n) is 6.30. The maximum atomic E-state index is 11.9. The van der Waals surface area contributed by atoms with E-state index >= 15 is 0 Å². The number of amides is 1. The van der Waals surface area contributed by atoms with Crippen molar-refractivity contribution in [3.05, 3.63) is 24.2 Å². The number of halogens is 1. The Kier molecular flexibility index (Phi) is 11.3. The Morgan fingerprint density at radius 3 is 2.88 bits per heavy atom. The summed E-state index contributed by atoms with van der Waals surface area (Å²) < 4.78 is 5.18. The van der Waals surface area contributed by atoms with Crippen molar-refractivity contribution in [1.29, 1.82) is 0 Å². The van der Waals surface area contributed by atoms with E-state index in [0.717, 1.165) is 18.8 Å². The van der Waals surface area contributed by atoms with Crippen molar-refractivity contribution in [3.8, 4) is 0 Å². The highest BCUT2D eigenvalue weighted by molar-refractivity contribution is 14.0. The van der Waals surface area contributed by atoms with Gasteiger partial charge in [-0.05, 0) is 37.9 Å². The second kappa shape index (κ2) is 13.0. The fourth-order valence-corrected chi connectivity index (χ4v) is 3.18. The van der Waals surface area contributed by atoms with Gasteiger partial charge in [-0.25, -0.2) is 0 Å². The molecule has 1 atom stereocenters. The average Bonchev–Trinajstić information content (AvgIpc) is 3.16. The van der Waals surface area contributed by atoms with Gasteiger partial charge in [0.2, 0.25) is 5.91 Å². The topological polar surface area (TPSA) is 81.9 Å². The molecule has 1 fully saturated rings. The zero-order valence-corrected chi connectivity index (χ0v) is 18.1. The van der Waals surface area contributed by atoms with Crippen LogP contribution in [-0.4, -0.2) is 56.0 Å². The number of rotatable bonds is 8. The van der Waals surface area contributed by atoms with Crippen LogP contribution in [0.1, 0.15) is 38.4 Å². The first-order chi connectivity index (χ1) is 12.2. The molecule has 1 aromatic rings. The molecule has 1 saturated heterocycles. The fraction of sp³-hybridized carbons (Fsp3) is 0.667. The number of nitrogens with one attached hydrogen (secondary N) is 3. The van der Waals surface area contributed by atoms with Crippen LogP contribution in [0.15, 0.2) is 27.8 Å². The number of furan rings is 1. The molecule has 0 aromatic carbocycles. The van der Waals surface area contributed by atoms with Gasteiger partial charge in [-0.1, -0.05) is 13.3 Å². The van der Waals surface area contributed by atoms with Gasteiger partial charge in [-0.2, -0.15) is 0 Å². The first-order valence-electron chi connectivity index (χ1n) is 9.20. The average molecular weight is 477 g/mol. The Morgan fingerprint density at radius 2 is 2.19 bits per heavy atom. The van der Waals surface area contributed by atoms with Crippen molar-refractivity contribution >= 4 is 35.8 Å². The second-order valence-corrected chi connectivity index (χ2v) is 6.30. The molecule has 0 radical (unpaired) electrons. The van der Waals surface area contributed by atoms with Crippen LogP contribution in [0.5, 0.6) is 0 Å². The zero-order chi connectivity index (χ0) is 17.9. The quantitative estimate of drug-likeness (QED) is 0.303. The molecule has 1 aliphatic heterocycles. The summed E-state index contributed by atoms with van der Waals surface area (Å²) >= 11 is 0. The summed E-state index contributed by atoms with van der Waals surface area (Å²) in [6, 6.07) is 4.34. The predicted octanol–water partition coefficient (Wildman–Crippen LogP) is 1.94. The van der Waals surface area contributed by atoms with E-state index in [-0.39, 0.29) is 36.4 Å². The zero-order valence-electron chi connectivity index (χ0n) is 15.8. The van der Waals surface area contributed by atoms with Crippen molar-refractivity contribution in [1.82, 2.24) is 20.9 Å². The Morgan fingerprint density at radius 1 is 1.35 bits per heavy atom. The Labute approximate surface area is 173 Å². The van der Waals surface area contributed by atoms with Crippen LogP contribution < -0.4 is 16.0 Å². The lowest BCUT2D eigenvalue weighted by Gasteiger charge is -2.35. The van der Waals surface area contributed by atoms with Crippen LogP contribution in [0, 0.1) is 0 Å². The minimum Gasteiger partial charge on any atom is -0.467 e. The largest absolute Gasteiger partial charge is 0.467 e. The molecule has 1 unspecified atom stereocenters. The van der Waals surface area contributed by atoms with E-state index in [1.54, 1.807) is 19.4 Å². The highest BCUT2D eigenvalue weighted by atomic mass is 127. The van der Waals surface area contributed by atoms with Crippen LogP contribution in [-0.2, 0) is 11.3 Å². The summed E-state index contributed by atoms with van der Waals surface area (Å²) in [7, 11) is 1.71. The van der Waals surface area contributed by atoms with Gasteiger partial charge in [0.25, 0.3) is 0 Å². The van der Waals surface area contributed by atoms with Gasteiger partial charge in [-0.15, -0.1) is 24.0 Å². The highest BCUT2D eigenvalue weighted by Crippen LogP contribution is 2.18. The van der Waals surface area contributed by atoms with Gasteiger partial charge < -0.3 is 20.4 Å². The van der Waals surface area contributed by atoms with Crippen LogP contribution in [0.3, 0.4) is 0 Å². The number of piperidine rings is 1. The summed E-state index contributed by atoms with van der Waals surface area (Å²) in [6.07, 6.45) is 6.75. The third-order valence-electron chi connectivity index (χ3n) is 4.59. The third kappa shape index (κ3) is 7.94. The third-order valence-corrected chi connectivity index (χ3v) is 4.59. The minimum atomic E-state index is -0.0959. The molecular weight excluding hydrogens is 445 g/mol. The van der Waals surface area contributed by atoms with E-state index in [4.69, 9.17) is 4.42 Å². The molecule has 3 N–H and O–H groups in total. The molecule has 26 heavy (non-hydrogen) atoms. The lowest BCUT2D eigenvalue weighted by atomic mass is 10.0. The molecule has 148 valence electrons. The smallest absolute Gasteiger partial charge is 0.239 e. The Balaban J connectivity index is 0.00000338. The molecule has 2 heterocycles. The van der Waals surface area contributed by atoms with Crippen molar-refractivity contribution < 1.29 is 9.21 Å². The van der Waals surface area contributed by atoms with E-state index in [2.05, 4.69) is 32.8 Å². The summed E-state index contributed by atoms with van der Waals surface area (Å²) in [4.78, 5) is 18.6. The highest BCUT2D eigenvalue weighted by Gasteiger charge is 2.19. The number of carbonyl (C=O) groups excluding carboxylic acids is 1. The van der Waals surface area contributed by atoms with Crippen molar-refractivity contribution in [3.63, 3.8) is 0 Å². The fourth-order valence-electron chi connectivity index (χ4n) is 3.18. The standard InChI is InChI=1S/C18H31N5O2.HI/c1-3-15-7-4-5-10-23(15)11-9-20-18(19-2)22-14-17(24)21-13-16-8-6-12-25-16;/h6,8,12,15H,3-5,7,9-11,13-14H2,1-2H3,(H,21,24)(H2,19,20,22);1H. The van der Waals surface area contributed by atoms with E-state index in [1.165, 1.54) is 32.2 Å². The van der Waals surface area contributed by atoms with Gasteiger partial charge in [0.05, 0.1) is 19.4 Å². The van der Waals surface area contributed by atoms with Gasteiger partial charge in [0, 0.05) is 26.2 Å². The van der Waals surface area contributed by atoms with Crippen LogP contribution in [0.4, 0.5) is 0 Å². The maximum absolute atomic E-state index is 11.9. The summed E-state index contributed by atoms with van der Waals surface area (Å²) in [5.74, 6) is 1.29. The van der Waals surface area contributed by atoms with Gasteiger partial charge in [0.15, 0.2) is 5.96 Å². The normalized spacial score (nSPS) is 18.1. The molecule has 0 bridgehead atoms. The molecule has 7 nitrogen and oxygen atoms in total. The summed E-state index contributed by atoms with van der Waals surface area (Å²) in [5, 5.41) is 9.12. The molecule has 0 spiro atoms. The van der Waals surface area contributed by atoms with Crippen molar-refractivity contribution in [2.24, 2.45) is 4.99 Å². The number of hydrogen-bond donors (Lipinski definition) is 3.